The van der Waals surface area contributed by atoms with Crippen LogP contribution in [0.15, 0.2) is 0 Å². The highest BCUT2D eigenvalue weighted by Crippen LogP contribution is 2.39. The van der Waals surface area contributed by atoms with Crippen LogP contribution in [-0.4, -0.2) is 365 Å². The van der Waals surface area contributed by atoms with Gasteiger partial charge in [0.15, 0.2) is 44.0 Å². The van der Waals surface area contributed by atoms with Crippen LogP contribution in [0.3, 0.4) is 0 Å². The number of ether oxygens (including phenoxy) is 13. The number of aliphatic hydroxyl groups is 17. The first-order valence-corrected chi connectivity index (χ1v) is 29.3. The Kier molecular flexibility index (Phi) is 25.7. The quantitative estimate of drug-likeness (QED) is 0.0448. The van der Waals surface area contributed by atoms with Crippen molar-refractivity contribution in [1.29, 1.82) is 0 Å². The van der Waals surface area contributed by atoms with Crippen molar-refractivity contribution in [2.75, 3.05) is 33.0 Å². The van der Waals surface area contributed by atoms with Crippen LogP contribution >= 0.6 is 0 Å². The van der Waals surface area contributed by atoms with Crippen molar-refractivity contribution in [3.05, 3.63) is 0 Å². The Morgan fingerprint density at radius 2 is 0.730 bits per heavy atom. The van der Waals surface area contributed by atoms with Gasteiger partial charge in [0.25, 0.3) is 0 Å². The van der Waals surface area contributed by atoms with Gasteiger partial charge in [0.1, 0.15) is 159 Å². The molecule has 7 rings (SSSR count). The third kappa shape index (κ3) is 17.1. The van der Waals surface area contributed by atoms with E-state index in [1.807, 2.05) is 0 Å². The molecule has 516 valence electrons. The van der Waals surface area contributed by atoms with Gasteiger partial charge in [-0.05, 0) is 13.8 Å². The van der Waals surface area contributed by atoms with E-state index in [0.29, 0.717) is 0 Å². The summed E-state index contributed by atoms with van der Waals surface area (Å²) in [4.78, 5) is 37.6. The van der Waals surface area contributed by atoms with E-state index in [4.69, 9.17) is 61.6 Å². The van der Waals surface area contributed by atoms with Gasteiger partial charge < -0.3 is 164 Å². The maximum absolute atomic E-state index is 12.9. The van der Waals surface area contributed by atoms with Gasteiger partial charge in [0.05, 0.1) is 45.2 Å². The smallest absolute Gasteiger partial charge is 0.394 e. The SMILES string of the molecule is CC(=O)N[C@H]1[C@H](OC[C@H]2O[C@@H](O[C@H]3[C@@H](O)[C@@H](CO[C@@H]4O[C@H](COS(=O)(=O)O)[C@@H](O)[C@H](O)[C@H]4NC(C)=O)OC(O)[C@@H]3NC(C)=O)[C@H](O[C@@H]3O[C@@H](C)[C@@H](O)[C@@H](O)[C@@H]3O)[C@@H](O[C@@H]3O[C@H](CO)[C@H](O)[C@H](O)[C@H]3O[C@@H]3O[C@@H](C)[C@@H](O)[C@@H](O)[C@@H]3O)[C@H]2O)O[C@H](CO)[C@@H](O)[C@@H]1O. The standard InChI is InChI=1S/C48H81N3O37S/c1-11-24(57)33(66)36(69)45(78-11)87-40-35(68)27(60)17(7-53)82-47(40)86-39-30(63)19(9-76-43-21(49-13(3)54)31(64)26(59)16(6-52)81-43)84-48(41(39)88-46-37(70)34(67)25(58)12(2)79-46)85-38-23(51-15(5)56)42(71)80-18(29(38)62)8-75-44-22(50-14(4)55)32(65)28(61)20(83-44)10-77-89(72,73)74/h11-12,16-48,52-53,57-71H,6-10H2,1-5H3,(H,49,54)(H,50,55)(H,51,56)(H,72,73,74)/t11-,12-,16+,17+,18+,19+,20+,21+,22+,23+,24+,25+,26+,27-,28+,29-,30-,31+,32+,33+,34+,35-,36-,37-,38+,39-,40+,41+,42?,43+,44+,45-,46-,47-,48-/m0/s1. The minimum absolute atomic E-state index is 0.806. The van der Waals surface area contributed by atoms with E-state index in [1.54, 1.807) is 0 Å². The zero-order valence-electron chi connectivity index (χ0n) is 48.0. The second-order valence-electron chi connectivity index (χ2n) is 22.4. The molecule has 7 heterocycles. The summed E-state index contributed by atoms with van der Waals surface area (Å²) in [5, 5.41) is 196. The number of hydrogen-bond acceptors (Lipinski definition) is 36. The van der Waals surface area contributed by atoms with Crippen molar-refractivity contribution in [2.45, 2.75) is 249 Å². The molecule has 7 saturated heterocycles. The number of rotatable bonds is 22. The molecule has 0 aromatic carbocycles. The van der Waals surface area contributed by atoms with E-state index in [1.165, 1.54) is 13.8 Å². The number of hydrogen-bond donors (Lipinski definition) is 21. The molecule has 7 aliphatic heterocycles. The van der Waals surface area contributed by atoms with Crippen LogP contribution in [0.25, 0.3) is 0 Å². The Labute approximate surface area is 505 Å². The number of nitrogens with one attached hydrogen (secondary N) is 3. The molecule has 0 spiro atoms. The molecule has 0 aromatic heterocycles. The second kappa shape index (κ2) is 31.1. The van der Waals surface area contributed by atoms with Crippen molar-refractivity contribution >= 4 is 28.1 Å². The molecule has 1 unspecified atom stereocenters. The molecular weight excluding hydrogens is 1240 g/mol. The van der Waals surface area contributed by atoms with Gasteiger partial charge in [-0.25, -0.2) is 4.18 Å². The molecule has 21 N–H and O–H groups in total. The molecule has 89 heavy (non-hydrogen) atoms. The average Bonchev–Trinajstić information content (AvgIpc) is 1.91. The average molecular weight is 1320 g/mol. The lowest BCUT2D eigenvalue weighted by Gasteiger charge is -2.51. The zero-order chi connectivity index (χ0) is 66.0. The molecule has 35 atom stereocenters. The summed E-state index contributed by atoms with van der Waals surface area (Å²) in [7, 11) is -5.18. The first-order valence-electron chi connectivity index (χ1n) is 28.0. The topological polar surface area (TPSA) is 615 Å². The van der Waals surface area contributed by atoms with Gasteiger partial charge in [-0.1, -0.05) is 0 Å². The molecule has 7 aliphatic rings. The zero-order valence-corrected chi connectivity index (χ0v) is 48.8. The first-order chi connectivity index (χ1) is 41.7. The summed E-state index contributed by atoms with van der Waals surface area (Å²) in [5.74, 6) is -2.59. The Balaban J connectivity index is 1.31. The summed E-state index contributed by atoms with van der Waals surface area (Å²) in [6.45, 7) is 0.210. The predicted octanol–water partition coefficient (Wildman–Crippen LogP) is -14.0. The van der Waals surface area contributed by atoms with Gasteiger partial charge in [-0.2, -0.15) is 8.42 Å². The summed E-state index contributed by atoms with van der Waals surface area (Å²) in [6, 6.07) is -5.30. The fraction of sp³-hybridized carbons (Fsp3) is 0.938. The van der Waals surface area contributed by atoms with E-state index in [2.05, 4.69) is 20.1 Å². The Bertz CT molecular complexity index is 2420. The van der Waals surface area contributed by atoms with Crippen molar-refractivity contribution in [1.82, 2.24) is 16.0 Å². The van der Waals surface area contributed by atoms with E-state index in [0.717, 1.165) is 20.8 Å². The lowest BCUT2D eigenvalue weighted by atomic mass is 9.94. The summed E-state index contributed by atoms with van der Waals surface area (Å²) in [5.41, 5.74) is 0. The van der Waals surface area contributed by atoms with Crippen molar-refractivity contribution in [3.8, 4) is 0 Å². The van der Waals surface area contributed by atoms with Gasteiger partial charge >= 0.3 is 10.4 Å². The first kappa shape index (κ1) is 73.5. The third-order valence-electron chi connectivity index (χ3n) is 15.8. The monoisotopic (exact) mass is 1320 g/mol. The van der Waals surface area contributed by atoms with Crippen LogP contribution in [0.2, 0.25) is 0 Å². The van der Waals surface area contributed by atoms with E-state index >= 15 is 0 Å². The largest absolute Gasteiger partial charge is 0.397 e. The molecule has 7 fully saturated rings. The fourth-order valence-electron chi connectivity index (χ4n) is 11.0. The normalized spacial score (nSPS) is 48.3. The highest BCUT2D eigenvalue weighted by atomic mass is 32.3. The van der Waals surface area contributed by atoms with Crippen LogP contribution in [0.5, 0.6) is 0 Å². The van der Waals surface area contributed by atoms with Crippen LogP contribution < -0.4 is 16.0 Å². The molecule has 0 aliphatic carbocycles. The minimum Gasteiger partial charge on any atom is -0.394 e. The van der Waals surface area contributed by atoms with Crippen LogP contribution in [0.4, 0.5) is 0 Å². The Morgan fingerprint density at radius 3 is 1.20 bits per heavy atom. The van der Waals surface area contributed by atoms with Crippen molar-refractivity contribution in [3.63, 3.8) is 0 Å². The molecule has 41 heteroatoms. The van der Waals surface area contributed by atoms with E-state index in [-0.39, 0.29) is 0 Å². The van der Waals surface area contributed by atoms with Gasteiger partial charge in [-0.3, -0.25) is 18.9 Å². The maximum atomic E-state index is 12.9. The van der Waals surface area contributed by atoms with E-state index in [9.17, 15) is 114 Å². The Morgan fingerprint density at radius 1 is 0.371 bits per heavy atom. The molecule has 0 aromatic rings. The van der Waals surface area contributed by atoms with Gasteiger partial charge in [0.2, 0.25) is 17.7 Å². The molecular formula is C48H81N3O37S. The number of amides is 3. The highest BCUT2D eigenvalue weighted by Gasteiger charge is 2.59. The minimum atomic E-state index is -5.18. The fourth-order valence-corrected chi connectivity index (χ4v) is 11.3. The summed E-state index contributed by atoms with van der Waals surface area (Å²) < 4.78 is 114. The molecule has 3 amide bonds. The third-order valence-corrected chi connectivity index (χ3v) is 16.3. The van der Waals surface area contributed by atoms with Crippen molar-refractivity contribution < 1.29 is 180 Å². The van der Waals surface area contributed by atoms with Gasteiger partial charge in [-0.15, -0.1) is 0 Å². The van der Waals surface area contributed by atoms with Crippen LogP contribution in [-0.2, 0) is 90.5 Å². The predicted molar refractivity (Wildman–Crippen MR) is 274 cm³/mol. The summed E-state index contributed by atoms with van der Waals surface area (Å²) >= 11 is 0. The molecule has 0 bridgehead atoms. The lowest BCUT2D eigenvalue weighted by molar-refractivity contribution is -0.411. The number of carbonyl (C=O) groups is 3. The van der Waals surface area contributed by atoms with Crippen LogP contribution in [0, 0.1) is 0 Å². The number of carbonyl (C=O) groups excluding carboxylic acids is 3. The second-order valence-corrected chi connectivity index (χ2v) is 23.4. The van der Waals surface area contributed by atoms with Crippen molar-refractivity contribution in [2.24, 2.45) is 0 Å². The highest BCUT2D eigenvalue weighted by molar-refractivity contribution is 7.80. The molecule has 0 saturated carbocycles. The number of aliphatic hydroxyl groups excluding tert-OH is 17. The van der Waals surface area contributed by atoms with Crippen LogP contribution in [0.1, 0.15) is 34.6 Å². The lowest BCUT2D eigenvalue weighted by Crippen LogP contribution is -2.70. The molecule has 0 radical (unpaired) electrons. The van der Waals surface area contributed by atoms with Gasteiger partial charge in [0, 0.05) is 20.8 Å². The maximum Gasteiger partial charge on any atom is 0.397 e. The molecule has 40 nitrogen and oxygen atoms in total. The Hall–Kier alpha value is -2.92. The summed E-state index contributed by atoms with van der Waals surface area (Å²) in [6.07, 6.45) is -64.4. The van der Waals surface area contributed by atoms with E-state index < -0.39 is 276 Å².